The second-order valence-electron chi connectivity index (χ2n) is 0. The van der Waals surface area contributed by atoms with Gasteiger partial charge in [0.1, 0.15) is 0 Å². The second kappa shape index (κ2) is 46.8. The summed E-state index contributed by atoms with van der Waals surface area (Å²) in [5.74, 6) is 0. The quantitative estimate of drug-likeness (QED) is 0.489. The van der Waals surface area contributed by atoms with Gasteiger partial charge in [-0.2, -0.15) is 0 Å². The van der Waals surface area contributed by atoms with Gasteiger partial charge in [-0.05, 0) is 0 Å². The van der Waals surface area contributed by atoms with Gasteiger partial charge in [0.15, 0.2) is 0 Å². The Kier molecular flexibility index (Phi) is 287. The van der Waals surface area contributed by atoms with Crippen molar-refractivity contribution in [3.05, 3.63) is 0 Å². The molecule has 0 bridgehead atoms. The molecule has 0 nitrogen and oxygen atoms in total. The Morgan fingerprint density at radius 3 is 0.800 bits per heavy atom. The van der Waals surface area contributed by atoms with Crippen LogP contribution in [0.3, 0.4) is 0 Å². The van der Waals surface area contributed by atoms with Gasteiger partial charge < -0.3 is 0 Å². The zero-order valence-electron chi connectivity index (χ0n) is 2.72. The molecule has 0 unspecified atom stereocenters. The molecule has 0 aromatic carbocycles. The topological polar surface area (TPSA) is 0 Å². The zero-order valence-corrected chi connectivity index (χ0v) is 6.74. The van der Waals surface area contributed by atoms with Crippen LogP contribution < -0.4 is 0 Å². The van der Waals surface area contributed by atoms with Crippen LogP contribution in [0.4, 0.5) is 0 Å². The van der Waals surface area contributed by atoms with Gasteiger partial charge in [0.25, 0.3) is 0 Å². The van der Waals surface area contributed by atoms with Gasteiger partial charge in [-0.25, -0.2) is 0 Å². The minimum absolute atomic E-state index is 0. The molecule has 0 aliphatic rings. The predicted octanol–water partition coefficient (Wildman–Crippen LogP) is 1.85. The molecule has 0 rings (SSSR count). The summed E-state index contributed by atoms with van der Waals surface area (Å²) in [4.78, 5) is 0. The van der Waals surface area contributed by atoms with Gasteiger partial charge in [0.05, 0.1) is 0 Å². The van der Waals surface area contributed by atoms with Crippen molar-refractivity contribution in [1.82, 2.24) is 0 Å². The number of rotatable bonds is 0. The fraction of sp³-hybridized carbons (Fsp3) is 1.00. The molecule has 0 atom stereocenters. The predicted molar refractivity (Wildman–Crippen MR) is 27.6 cm³/mol. The average molecular weight is 172 g/mol. The van der Waals surface area contributed by atoms with E-state index >= 15 is 0 Å². The van der Waals surface area contributed by atoms with E-state index < -0.39 is 0 Å². The van der Waals surface area contributed by atoms with Crippen LogP contribution in [0, 0.1) is 0 Å². The Morgan fingerprint density at radius 2 is 0.800 bits per heavy atom. The van der Waals surface area contributed by atoms with Crippen LogP contribution in [-0.4, -0.2) is 0 Å². The normalized spacial score (nSPS) is 0.800. The van der Waals surface area contributed by atoms with E-state index in [0.29, 0.717) is 0 Å². The van der Waals surface area contributed by atoms with Gasteiger partial charge in [-0.1, -0.05) is 0 Å². The third-order valence-corrected chi connectivity index (χ3v) is 0. The molecule has 0 aliphatic heterocycles. The molecule has 0 heterocycles. The molecule has 0 amide bonds. The number of halogens is 3. The SMILES string of the molecule is Cl.Cl.Cl.[CH3][Ti]. The van der Waals surface area contributed by atoms with Crippen molar-refractivity contribution >= 4 is 37.2 Å². The summed E-state index contributed by atoms with van der Waals surface area (Å²) in [6, 6.07) is 0. The molecule has 0 saturated heterocycles. The Bertz CT molecular complexity index is 6.85. The third-order valence-electron chi connectivity index (χ3n) is 0. The fourth-order valence-corrected chi connectivity index (χ4v) is 0. The molecule has 0 aromatic rings. The fourth-order valence-electron chi connectivity index (χ4n) is 0. The summed E-state index contributed by atoms with van der Waals surface area (Å²) in [7, 11) is 0. The molecule has 5 heavy (non-hydrogen) atoms. The Balaban J connectivity index is -0.00000000167. The van der Waals surface area contributed by atoms with Gasteiger partial charge in [-0.15, -0.1) is 37.2 Å². The Labute approximate surface area is 62.7 Å². The van der Waals surface area contributed by atoms with Crippen molar-refractivity contribution in [3.63, 3.8) is 0 Å². The van der Waals surface area contributed by atoms with Crippen LogP contribution >= 0.6 is 37.2 Å². The first kappa shape index (κ1) is 30.7. The van der Waals surface area contributed by atoms with E-state index in [-0.39, 0.29) is 37.2 Å². The second-order valence-corrected chi connectivity index (χ2v) is 0. The summed E-state index contributed by atoms with van der Waals surface area (Å²) in [6.07, 6.45) is 0. The van der Waals surface area contributed by atoms with Crippen LogP contribution in [0.2, 0.25) is 5.23 Å². The van der Waals surface area contributed by atoms with Crippen molar-refractivity contribution in [1.29, 1.82) is 0 Å². The van der Waals surface area contributed by atoms with Crippen molar-refractivity contribution in [2.24, 2.45) is 0 Å². The van der Waals surface area contributed by atoms with Crippen LogP contribution in [-0.2, 0) is 20.4 Å². The maximum atomic E-state index is 2.00. The first-order chi connectivity index (χ1) is 1.00. The van der Waals surface area contributed by atoms with E-state index in [4.69, 9.17) is 0 Å². The van der Waals surface area contributed by atoms with Crippen molar-refractivity contribution in [2.75, 3.05) is 0 Å². The van der Waals surface area contributed by atoms with Crippen molar-refractivity contribution in [3.8, 4) is 0 Å². The summed E-state index contributed by atoms with van der Waals surface area (Å²) >= 11 is 2.00. The van der Waals surface area contributed by atoms with E-state index in [1.165, 1.54) is 0 Å². The Morgan fingerprint density at radius 1 is 0.800 bits per heavy atom. The van der Waals surface area contributed by atoms with Crippen LogP contribution in [0.25, 0.3) is 0 Å². The van der Waals surface area contributed by atoms with E-state index in [1.54, 1.807) is 0 Å². The molecule has 0 fully saturated rings. The maximum absolute atomic E-state index is 2.00. The monoisotopic (exact) mass is 171 g/mol. The number of hydrogen-bond acceptors (Lipinski definition) is 0. The van der Waals surface area contributed by atoms with E-state index in [1.807, 2.05) is 25.7 Å². The molecule has 35 valence electrons. The first-order valence-electron chi connectivity index (χ1n) is 0.500. The van der Waals surface area contributed by atoms with Crippen LogP contribution in [0.15, 0.2) is 0 Å². The summed E-state index contributed by atoms with van der Waals surface area (Å²) < 4.78 is 0. The van der Waals surface area contributed by atoms with Gasteiger partial charge in [0, 0.05) is 0 Å². The Hall–Kier alpha value is 1.58. The first-order valence-corrected chi connectivity index (χ1v) is 2.06. The van der Waals surface area contributed by atoms with Crippen LogP contribution in [0.5, 0.6) is 0 Å². The number of hydrogen-bond donors (Lipinski definition) is 0. The minimum atomic E-state index is 0. The molecule has 0 radical (unpaired) electrons. The van der Waals surface area contributed by atoms with E-state index in [2.05, 4.69) is 0 Å². The molecule has 0 N–H and O–H groups in total. The average Bonchev–Trinajstić information content (AvgIpc) is 1.00. The van der Waals surface area contributed by atoms with Gasteiger partial charge in [-0.3, -0.25) is 0 Å². The van der Waals surface area contributed by atoms with Gasteiger partial charge in [0.2, 0.25) is 0 Å². The zero-order chi connectivity index (χ0) is 2.00. The molecule has 0 aromatic heterocycles. The van der Waals surface area contributed by atoms with Crippen molar-refractivity contribution in [2.45, 2.75) is 5.23 Å². The van der Waals surface area contributed by atoms with E-state index in [9.17, 15) is 0 Å². The van der Waals surface area contributed by atoms with Crippen molar-refractivity contribution < 1.29 is 20.4 Å². The molecular formula is CH6Cl3Ti. The van der Waals surface area contributed by atoms with Crippen LogP contribution in [0.1, 0.15) is 0 Å². The molecule has 0 saturated carbocycles. The van der Waals surface area contributed by atoms with Gasteiger partial charge >= 0.3 is 25.7 Å². The molecule has 4 heteroatoms. The summed E-state index contributed by atoms with van der Waals surface area (Å²) in [5, 5.41) is 2.00. The van der Waals surface area contributed by atoms with E-state index in [0.717, 1.165) is 0 Å². The molecule has 0 aliphatic carbocycles. The molecule has 0 spiro atoms. The summed E-state index contributed by atoms with van der Waals surface area (Å²) in [5.41, 5.74) is 0. The molecular weight excluding hydrogens is 166 g/mol. The third kappa shape index (κ3) is 28.6. The standard InChI is InChI=1S/CH3.3ClH.Ti/h1H3;3*1H;. The summed E-state index contributed by atoms with van der Waals surface area (Å²) in [6.45, 7) is 0.